The highest BCUT2D eigenvalue weighted by atomic mass is 35.5. The van der Waals surface area contributed by atoms with Crippen molar-refractivity contribution in [2.45, 2.75) is 37.8 Å². The van der Waals surface area contributed by atoms with Crippen LogP contribution in [0.2, 0.25) is 5.02 Å². The van der Waals surface area contributed by atoms with Gasteiger partial charge in [-0.2, -0.15) is 13.2 Å². The summed E-state index contributed by atoms with van der Waals surface area (Å²) in [6.07, 6.45) is -8.56. The van der Waals surface area contributed by atoms with Crippen LogP contribution in [0.5, 0.6) is 5.75 Å². The summed E-state index contributed by atoms with van der Waals surface area (Å²) in [7, 11) is 0. The van der Waals surface area contributed by atoms with Gasteiger partial charge in [-0.15, -0.1) is 0 Å². The van der Waals surface area contributed by atoms with E-state index in [2.05, 4.69) is 4.98 Å². The van der Waals surface area contributed by atoms with Crippen LogP contribution in [0.15, 0.2) is 24.3 Å². The zero-order valence-electron chi connectivity index (χ0n) is 17.5. The molecule has 0 aliphatic carbocycles. The smallest absolute Gasteiger partial charge is 0.416 e. The highest BCUT2D eigenvalue weighted by Crippen LogP contribution is 2.41. The zero-order chi connectivity index (χ0) is 24.9. The second-order valence-electron chi connectivity index (χ2n) is 7.84. The number of pyridine rings is 1. The normalized spacial score (nSPS) is 22.9. The molecule has 34 heavy (non-hydrogen) atoms. The average Bonchev–Trinajstić information content (AvgIpc) is 2.92. The van der Waals surface area contributed by atoms with Crippen molar-refractivity contribution in [3.63, 3.8) is 0 Å². The summed E-state index contributed by atoms with van der Waals surface area (Å²) in [6, 6.07) is 1.72. The number of halogens is 5. The molecule has 2 N–H and O–H groups in total. The number of aryl methyl sites for hydroxylation is 1. The monoisotopic (exact) mass is 503 g/mol. The second kappa shape index (κ2) is 8.67. The zero-order valence-corrected chi connectivity index (χ0v) is 18.3. The van der Waals surface area contributed by atoms with Crippen LogP contribution in [0, 0.1) is 12.7 Å². The van der Waals surface area contributed by atoms with Crippen LogP contribution in [0.1, 0.15) is 17.7 Å². The predicted octanol–water partition coefficient (Wildman–Crippen LogP) is 2.45. The van der Waals surface area contributed by atoms with Crippen molar-refractivity contribution >= 4 is 34.9 Å². The molecular weight excluding hydrogens is 486 g/mol. The van der Waals surface area contributed by atoms with E-state index in [0.717, 1.165) is 17.0 Å². The molecule has 0 bridgehead atoms. The van der Waals surface area contributed by atoms with E-state index >= 15 is 0 Å². The van der Waals surface area contributed by atoms with Crippen LogP contribution >= 0.6 is 11.6 Å². The Labute approximate surface area is 195 Å². The van der Waals surface area contributed by atoms with Gasteiger partial charge in [0.1, 0.15) is 28.8 Å². The third-order valence-corrected chi connectivity index (χ3v) is 5.89. The third-order valence-electron chi connectivity index (χ3n) is 5.54. The minimum Gasteiger partial charge on any atom is -0.490 e. The SMILES string of the molecule is Cc1cc(C(F)(F)F)cc(N2C(=O)[C@@H](O)[C@@H](O)[C@H]2C(=O)N2CCCOc3c2ccc(F)c3Cl)n1. The van der Waals surface area contributed by atoms with Gasteiger partial charge in [-0.05, 0) is 37.6 Å². The molecule has 1 saturated heterocycles. The van der Waals surface area contributed by atoms with Gasteiger partial charge >= 0.3 is 6.18 Å². The minimum atomic E-state index is -4.77. The Morgan fingerprint density at radius 3 is 2.65 bits per heavy atom. The highest BCUT2D eigenvalue weighted by Gasteiger charge is 2.53. The number of aliphatic hydroxyl groups is 2. The Hall–Kier alpha value is -2.96. The van der Waals surface area contributed by atoms with E-state index in [1.165, 1.54) is 13.0 Å². The number of carbonyl (C=O) groups excluding carboxylic acids is 2. The van der Waals surface area contributed by atoms with E-state index in [9.17, 15) is 37.4 Å². The summed E-state index contributed by atoms with van der Waals surface area (Å²) in [6.45, 7) is 1.35. The second-order valence-corrected chi connectivity index (χ2v) is 8.22. The Kier molecular flexibility index (Phi) is 6.17. The van der Waals surface area contributed by atoms with Crippen molar-refractivity contribution in [3.05, 3.63) is 46.4 Å². The molecule has 2 aromatic rings. The molecule has 1 aromatic carbocycles. The summed E-state index contributed by atoms with van der Waals surface area (Å²) in [4.78, 5) is 31.9. The Morgan fingerprint density at radius 2 is 1.97 bits per heavy atom. The molecular formula is C21H18ClF4N3O5. The molecule has 3 atom stereocenters. The molecule has 13 heteroatoms. The van der Waals surface area contributed by atoms with Gasteiger partial charge in [0.05, 0.1) is 17.9 Å². The average molecular weight is 504 g/mol. The number of amides is 2. The number of hydrogen-bond acceptors (Lipinski definition) is 6. The van der Waals surface area contributed by atoms with Crippen LogP contribution in [0.25, 0.3) is 0 Å². The molecule has 8 nitrogen and oxygen atoms in total. The van der Waals surface area contributed by atoms with E-state index < -0.39 is 53.4 Å². The maximum Gasteiger partial charge on any atom is 0.416 e. The van der Waals surface area contributed by atoms with E-state index in [0.29, 0.717) is 11.0 Å². The molecule has 0 radical (unpaired) electrons. The highest BCUT2D eigenvalue weighted by molar-refractivity contribution is 6.33. The molecule has 182 valence electrons. The fourth-order valence-electron chi connectivity index (χ4n) is 3.98. The molecule has 0 saturated carbocycles. The fourth-order valence-corrected chi connectivity index (χ4v) is 4.19. The lowest BCUT2D eigenvalue weighted by Crippen LogP contribution is -2.51. The number of anilines is 2. The van der Waals surface area contributed by atoms with E-state index in [4.69, 9.17) is 16.3 Å². The number of ether oxygens (including phenoxy) is 1. The first-order chi connectivity index (χ1) is 15.9. The number of carbonyl (C=O) groups is 2. The van der Waals surface area contributed by atoms with Gasteiger partial charge in [-0.25, -0.2) is 9.37 Å². The lowest BCUT2D eigenvalue weighted by Gasteiger charge is -2.31. The molecule has 2 aliphatic heterocycles. The van der Waals surface area contributed by atoms with Gasteiger partial charge < -0.3 is 19.8 Å². The lowest BCUT2D eigenvalue weighted by molar-refractivity contribution is -0.137. The third kappa shape index (κ3) is 4.05. The van der Waals surface area contributed by atoms with Crippen molar-refractivity contribution < 1.29 is 42.1 Å². The van der Waals surface area contributed by atoms with Crippen LogP contribution in [0.4, 0.5) is 29.1 Å². The Bertz CT molecular complexity index is 1160. The number of nitrogens with zero attached hydrogens (tertiary/aromatic N) is 3. The van der Waals surface area contributed by atoms with Gasteiger partial charge in [0.25, 0.3) is 11.8 Å². The molecule has 4 rings (SSSR count). The van der Waals surface area contributed by atoms with Gasteiger partial charge in [0, 0.05) is 12.2 Å². The quantitative estimate of drug-likeness (QED) is 0.610. The Balaban J connectivity index is 1.80. The van der Waals surface area contributed by atoms with E-state index in [-0.39, 0.29) is 41.7 Å². The van der Waals surface area contributed by atoms with Crippen molar-refractivity contribution in [3.8, 4) is 5.75 Å². The van der Waals surface area contributed by atoms with E-state index in [1.54, 1.807) is 0 Å². The summed E-state index contributed by atoms with van der Waals surface area (Å²) >= 11 is 5.98. The van der Waals surface area contributed by atoms with Gasteiger partial charge in [-0.3, -0.25) is 14.5 Å². The largest absolute Gasteiger partial charge is 0.490 e. The van der Waals surface area contributed by atoms with Crippen molar-refractivity contribution in [2.75, 3.05) is 23.0 Å². The minimum absolute atomic E-state index is 0.00415. The number of aliphatic hydroxyl groups excluding tert-OH is 2. The maximum absolute atomic E-state index is 13.9. The first-order valence-corrected chi connectivity index (χ1v) is 10.5. The van der Waals surface area contributed by atoms with Gasteiger partial charge in [-0.1, -0.05) is 11.6 Å². The summed E-state index contributed by atoms with van der Waals surface area (Å²) in [5.41, 5.74) is -1.18. The van der Waals surface area contributed by atoms with E-state index in [1.807, 2.05) is 0 Å². The standard InChI is InChI=1S/C21H18ClF4N3O5/c1-9-7-10(21(24,25)26)8-13(27-9)29-15(16(30)17(31)20(29)33)19(32)28-5-2-6-34-18-12(28)4-3-11(23)14(18)22/h3-4,7-8,15-17,30-31H,2,5-6H2,1H3/t15-,16-,17-/m0/s1. The molecule has 0 spiro atoms. The molecule has 0 unspecified atom stereocenters. The number of hydrogen-bond donors (Lipinski definition) is 2. The molecule has 3 heterocycles. The summed E-state index contributed by atoms with van der Waals surface area (Å²) < 4.78 is 59.5. The Morgan fingerprint density at radius 1 is 1.26 bits per heavy atom. The first-order valence-electron chi connectivity index (χ1n) is 10.1. The molecule has 1 aromatic heterocycles. The van der Waals surface area contributed by atoms with Crippen molar-refractivity contribution in [1.29, 1.82) is 0 Å². The van der Waals surface area contributed by atoms with Crippen molar-refractivity contribution in [1.82, 2.24) is 4.98 Å². The number of aromatic nitrogens is 1. The van der Waals surface area contributed by atoms with Gasteiger partial charge in [0.2, 0.25) is 0 Å². The first kappa shape index (κ1) is 24.2. The molecule has 2 amide bonds. The summed E-state index contributed by atoms with van der Waals surface area (Å²) in [5, 5.41) is 20.4. The number of rotatable bonds is 2. The van der Waals surface area contributed by atoms with Crippen LogP contribution in [0.3, 0.4) is 0 Å². The number of fused-ring (bicyclic) bond motifs is 1. The number of alkyl halides is 3. The fraction of sp³-hybridized carbons (Fsp3) is 0.381. The maximum atomic E-state index is 13.9. The molecule has 2 aliphatic rings. The predicted molar refractivity (Wildman–Crippen MR) is 111 cm³/mol. The van der Waals surface area contributed by atoms with Gasteiger partial charge in [0.15, 0.2) is 11.9 Å². The van der Waals surface area contributed by atoms with Crippen LogP contribution in [-0.4, -0.2) is 58.4 Å². The lowest BCUT2D eigenvalue weighted by atomic mass is 10.1. The van der Waals surface area contributed by atoms with Crippen LogP contribution in [-0.2, 0) is 15.8 Å². The van der Waals surface area contributed by atoms with Crippen molar-refractivity contribution in [2.24, 2.45) is 0 Å². The van der Waals surface area contributed by atoms with Crippen LogP contribution < -0.4 is 14.5 Å². The topological polar surface area (TPSA) is 103 Å². The summed E-state index contributed by atoms with van der Waals surface area (Å²) in [5.74, 6) is -3.63. The molecule has 1 fully saturated rings. The number of benzene rings is 1.